The molecule has 1 rings (SSSR count). The molecule has 2 unspecified atom stereocenters. The lowest BCUT2D eigenvalue weighted by Gasteiger charge is -2.27. The third kappa shape index (κ3) is 1.35. The lowest BCUT2D eigenvalue weighted by molar-refractivity contribution is 0.567. The lowest BCUT2D eigenvalue weighted by atomic mass is 10.1. The van der Waals surface area contributed by atoms with Gasteiger partial charge in [-0.2, -0.15) is 0 Å². The van der Waals surface area contributed by atoms with Crippen molar-refractivity contribution in [3.8, 4) is 0 Å². The Balaban J connectivity index is 2.77. The van der Waals surface area contributed by atoms with Crippen LogP contribution in [-0.4, -0.2) is 10.4 Å². The summed E-state index contributed by atoms with van der Waals surface area (Å²) in [6, 6.07) is 0. The van der Waals surface area contributed by atoms with Gasteiger partial charge in [-0.3, -0.25) is 5.84 Å². The average Bonchev–Trinajstić information content (AvgIpc) is 1.96. The highest BCUT2D eigenvalue weighted by molar-refractivity contribution is 6.34. The molecule has 0 bridgehead atoms. The summed E-state index contributed by atoms with van der Waals surface area (Å²) in [5.41, 5.74) is 2.43. The Morgan fingerprint density at radius 1 is 1.50 bits per heavy atom. The summed E-state index contributed by atoms with van der Waals surface area (Å²) in [4.78, 5) is -0.823. The molecule has 3 N–H and O–H groups in total. The van der Waals surface area contributed by atoms with E-state index in [0.717, 1.165) is 0 Å². The second kappa shape index (κ2) is 2.93. The first-order chi connectivity index (χ1) is 4.69. The number of alkyl halides is 2. The summed E-state index contributed by atoms with van der Waals surface area (Å²) in [5.74, 6) is 5.18. The van der Waals surface area contributed by atoms with E-state index in [9.17, 15) is 0 Å². The molecule has 10 heavy (non-hydrogen) atoms. The predicted molar refractivity (Wildman–Crippen MR) is 43.8 cm³/mol. The molecule has 2 nitrogen and oxygen atoms in total. The van der Waals surface area contributed by atoms with Crippen LogP contribution in [0.4, 0.5) is 0 Å². The van der Waals surface area contributed by atoms with Gasteiger partial charge in [-0.15, -0.1) is 11.6 Å². The van der Waals surface area contributed by atoms with E-state index < -0.39 is 5.00 Å². The van der Waals surface area contributed by atoms with E-state index in [1.807, 2.05) is 6.08 Å². The molecule has 1 aliphatic rings. The van der Waals surface area contributed by atoms with Crippen LogP contribution in [0.3, 0.4) is 0 Å². The molecule has 0 heterocycles. The minimum Gasteiger partial charge on any atom is -0.270 e. The molecule has 0 aromatic rings. The average molecular weight is 179 g/mol. The summed E-state index contributed by atoms with van der Waals surface area (Å²) >= 11 is 11.7. The fourth-order valence-corrected chi connectivity index (χ4v) is 1.08. The van der Waals surface area contributed by atoms with E-state index in [4.69, 9.17) is 29.0 Å². The van der Waals surface area contributed by atoms with Gasteiger partial charge in [0.1, 0.15) is 5.00 Å². The van der Waals surface area contributed by atoms with Crippen LogP contribution in [0.5, 0.6) is 0 Å². The largest absolute Gasteiger partial charge is 0.270 e. The van der Waals surface area contributed by atoms with Gasteiger partial charge in [0.25, 0.3) is 0 Å². The number of hydrazine groups is 1. The molecule has 0 aromatic heterocycles. The maximum atomic E-state index is 5.90. The molecule has 4 heteroatoms. The molecular formula is C6H8Cl2N2. The fourth-order valence-electron chi connectivity index (χ4n) is 0.717. The molecule has 0 saturated heterocycles. The summed E-state index contributed by atoms with van der Waals surface area (Å²) in [7, 11) is 0. The topological polar surface area (TPSA) is 38.0 Å². The molecule has 0 spiro atoms. The Hall–Kier alpha value is -0.0200. The summed E-state index contributed by atoms with van der Waals surface area (Å²) in [6.07, 6.45) is 7.11. The number of rotatable bonds is 1. The van der Waals surface area contributed by atoms with Gasteiger partial charge in [0, 0.05) is 0 Å². The van der Waals surface area contributed by atoms with E-state index >= 15 is 0 Å². The molecule has 0 fully saturated rings. The Bertz CT molecular complexity index is 179. The Kier molecular flexibility index (Phi) is 2.36. The van der Waals surface area contributed by atoms with Crippen molar-refractivity contribution < 1.29 is 0 Å². The molecular weight excluding hydrogens is 171 g/mol. The van der Waals surface area contributed by atoms with Crippen molar-refractivity contribution in [3.05, 3.63) is 24.3 Å². The summed E-state index contributed by atoms with van der Waals surface area (Å²) in [6.45, 7) is 0. The van der Waals surface area contributed by atoms with Crippen molar-refractivity contribution in [2.45, 2.75) is 10.4 Å². The monoisotopic (exact) mass is 178 g/mol. The third-order valence-corrected chi connectivity index (χ3v) is 2.42. The van der Waals surface area contributed by atoms with E-state index in [-0.39, 0.29) is 5.38 Å². The predicted octanol–water partition coefficient (Wildman–Crippen LogP) is 1.12. The summed E-state index contributed by atoms with van der Waals surface area (Å²) < 4.78 is 0. The molecule has 0 saturated carbocycles. The van der Waals surface area contributed by atoms with Crippen LogP contribution in [0.1, 0.15) is 0 Å². The van der Waals surface area contributed by atoms with Crippen LogP contribution in [0, 0.1) is 0 Å². The van der Waals surface area contributed by atoms with Crippen LogP contribution in [0.15, 0.2) is 24.3 Å². The number of nitrogens with one attached hydrogen (secondary N) is 1. The Labute approximate surface area is 69.6 Å². The van der Waals surface area contributed by atoms with Crippen molar-refractivity contribution in [2.75, 3.05) is 0 Å². The first kappa shape index (κ1) is 8.08. The van der Waals surface area contributed by atoms with Crippen molar-refractivity contribution in [3.63, 3.8) is 0 Å². The second-order valence-corrected chi connectivity index (χ2v) is 3.15. The quantitative estimate of drug-likeness (QED) is 0.274. The lowest BCUT2D eigenvalue weighted by Crippen LogP contribution is -2.49. The maximum absolute atomic E-state index is 5.90. The number of hydrogen-bond acceptors (Lipinski definition) is 2. The smallest absolute Gasteiger partial charge is 0.144 e. The van der Waals surface area contributed by atoms with Gasteiger partial charge in [0.2, 0.25) is 0 Å². The highest BCUT2D eigenvalue weighted by Crippen LogP contribution is 2.26. The van der Waals surface area contributed by atoms with Gasteiger partial charge < -0.3 is 0 Å². The van der Waals surface area contributed by atoms with Crippen molar-refractivity contribution in [1.82, 2.24) is 5.43 Å². The fraction of sp³-hybridized carbons (Fsp3) is 0.333. The van der Waals surface area contributed by atoms with Gasteiger partial charge in [-0.25, -0.2) is 5.43 Å². The van der Waals surface area contributed by atoms with Crippen LogP contribution in [0.25, 0.3) is 0 Å². The zero-order valence-electron chi connectivity index (χ0n) is 5.22. The van der Waals surface area contributed by atoms with Crippen LogP contribution in [0.2, 0.25) is 0 Å². The van der Waals surface area contributed by atoms with Gasteiger partial charge >= 0.3 is 0 Å². The standard InChI is InChI=1S/C6H8Cl2N2/c7-5-3-1-2-4-6(5,8)10-9/h1-5,10H,9H2. The van der Waals surface area contributed by atoms with Crippen LogP contribution in [-0.2, 0) is 0 Å². The van der Waals surface area contributed by atoms with E-state index in [2.05, 4.69) is 5.43 Å². The van der Waals surface area contributed by atoms with E-state index in [1.54, 1.807) is 18.2 Å². The first-order valence-corrected chi connectivity index (χ1v) is 3.67. The number of hydrogen-bond donors (Lipinski definition) is 2. The molecule has 2 atom stereocenters. The van der Waals surface area contributed by atoms with Crippen LogP contribution >= 0.6 is 23.2 Å². The molecule has 56 valence electrons. The first-order valence-electron chi connectivity index (χ1n) is 2.86. The van der Waals surface area contributed by atoms with Crippen molar-refractivity contribution >= 4 is 23.2 Å². The van der Waals surface area contributed by atoms with Gasteiger partial charge in [0.15, 0.2) is 0 Å². The second-order valence-electron chi connectivity index (χ2n) is 2.06. The van der Waals surface area contributed by atoms with Gasteiger partial charge in [-0.05, 0) is 6.08 Å². The minimum atomic E-state index is -0.823. The zero-order valence-corrected chi connectivity index (χ0v) is 6.73. The number of nitrogens with two attached hydrogens (primary N) is 1. The zero-order chi connectivity index (χ0) is 7.61. The molecule has 0 amide bonds. The van der Waals surface area contributed by atoms with Crippen LogP contribution < -0.4 is 11.3 Å². The number of halogens is 2. The molecule has 0 radical (unpaired) electrons. The van der Waals surface area contributed by atoms with E-state index in [0.29, 0.717) is 0 Å². The molecule has 0 aliphatic heterocycles. The van der Waals surface area contributed by atoms with Crippen molar-refractivity contribution in [1.29, 1.82) is 0 Å². The molecule has 0 aromatic carbocycles. The van der Waals surface area contributed by atoms with Gasteiger partial charge in [-0.1, -0.05) is 29.8 Å². The third-order valence-electron chi connectivity index (χ3n) is 1.35. The maximum Gasteiger partial charge on any atom is 0.144 e. The minimum absolute atomic E-state index is 0.302. The molecule has 1 aliphatic carbocycles. The highest BCUT2D eigenvalue weighted by Gasteiger charge is 2.31. The Morgan fingerprint density at radius 2 is 2.20 bits per heavy atom. The highest BCUT2D eigenvalue weighted by atomic mass is 35.5. The normalized spacial score (nSPS) is 38.5. The van der Waals surface area contributed by atoms with Crippen molar-refractivity contribution in [2.24, 2.45) is 5.84 Å². The van der Waals surface area contributed by atoms with E-state index in [1.165, 1.54) is 0 Å². The SMILES string of the molecule is NNC1(Cl)C=CC=CC1Cl. The Morgan fingerprint density at radius 3 is 2.60 bits per heavy atom. The summed E-state index contributed by atoms with van der Waals surface area (Å²) in [5, 5.41) is -0.302. The number of allylic oxidation sites excluding steroid dienone is 2. The van der Waals surface area contributed by atoms with Gasteiger partial charge in [0.05, 0.1) is 5.38 Å².